The molecule has 3 heteroatoms. The Hall–Kier alpha value is -2.34. The van der Waals surface area contributed by atoms with E-state index in [0.29, 0.717) is 6.61 Å². The molecule has 0 radical (unpaired) electrons. The predicted molar refractivity (Wildman–Crippen MR) is 62.5 cm³/mol. The van der Waals surface area contributed by atoms with E-state index in [-0.39, 0.29) is 5.92 Å². The van der Waals surface area contributed by atoms with Crippen LogP contribution in [-0.4, -0.2) is 4.98 Å². The monoisotopic (exact) mass is 222 g/mol. The standard InChI is InChI=1S/C14H10N2O/c15-8-12-10-5-3-7-16-13(10)9-17-14-6-2-1-4-11(12)14/h1-7,12H,9H2/t12-/m0/s1. The lowest BCUT2D eigenvalue weighted by molar-refractivity contribution is 0.302. The van der Waals surface area contributed by atoms with Gasteiger partial charge in [-0.15, -0.1) is 0 Å². The van der Waals surface area contributed by atoms with Crippen LogP contribution in [0.5, 0.6) is 5.75 Å². The van der Waals surface area contributed by atoms with Crippen LogP contribution in [0.25, 0.3) is 0 Å². The topological polar surface area (TPSA) is 45.9 Å². The van der Waals surface area contributed by atoms with Crippen molar-refractivity contribution < 1.29 is 4.74 Å². The number of rotatable bonds is 0. The third-order valence-corrected chi connectivity index (χ3v) is 2.96. The smallest absolute Gasteiger partial charge is 0.131 e. The van der Waals surface area contributed by atoms with E-state index in [1.54, 1.807) is 6.20 Å². The summed E-state index contributed by atoms with van der Waals surface area (Å²) >= 11 is 0. The average molecular weight is 222 g/mol. The third kappa shape index (κ3) is 1.55. The molecule has 0 fully saturated rings. The molecule has 1 aliphatic rings. The highest BCUT2D eigenvalue weighted by Gasteiger charge is 2.24. The molecule has 0 aliphatic carbocycles. The first-order chi connectivity index (χ1) is 8.40. The van der Waals surface area contributed by atoms with Gasteiger partial charge < -0.3 is 4.74 Å². The molecule has 17 heavy (non-hydrogen) atoms. The quantitative estimate of drug-likeness (QED) is 0.688. The van der Waals surface area contributed by atoms with Crippen molar-refractivity contribution >= 4 is 0 Å². The summed E-state index contributed by atoms with van der Waals surface area (Å²) in [6.45, 7) is 0.422. The SMILES string of the molecule is N#C[C@@H]1c2ccccc2OCc2ncccc21. The summed E-state index contributed by atoms with van der Waals surface area (Å²) in [5.41, 5.74) is 2.71. The number of para-hydroxylation sites is 1. The van der Waals surface area contributed by atoms with E-state index in [4.69, 9.17) is 4.74 Å². The van der Waals surface area contributed by atoms with Crippen molar-refractivity contribution in [1.29, 1.82) is 5.26 Å². The number of ether oxygens (including phenoxy) is 1. The molecule has 0 saturated heterocycles. The van der Waals surface area contributed by atoms with E-state index in [0.717, 1.165) is 22.6 Å². The van der Waals surface area contributed by atoms with E-state index >= 15 is 0 Å². The fourth-order valence-corrected chi connectivity index (χ4v) is 2.14. The summed E-state index contributed by atoms with van der Waals surface area (Å²) in [6, 6.07) is 13.8. The Balaban J connectivity index is 2.23. The van der Waals surface area contributed by atoms with E-state index in [9.17, 15) is 5.26 Å². The Bertz CT molecular complexity index is 554. The Labute approximate surface area is 99.3 Å². The third-order valence-electron chi connectivity index (χ3n) is 2.96. The second-order valence-electron chi connectivity index (χ2n) is 3.93. The van der Waals surface area contributed by atoms with Gasteiger partial charge in [-0.05, 0) is 17.7 Å². The van der Waals surface area contributed by atoms with Gasteiger partial charge in [0.2, 0.25) is 0 Å². The van der Waals surface area contributed by atoms with Crippen molar-refractivity contribution in [2.75, 3.05) is 0 Å². The van der Waals surface area contributed by atoms with Gasteiger partial charge in [0.1, 0.15) is 18.3 Å². The zero-order chi connectivity index (χ0) is 11.7. The molecule has 2 aromatic rings. The summed E-state index contributed by atoms with van der Waals surface area (Å²) < 4.78 is 5.69. The normalized spacial score (nSPS) is 17.0. The van der Waals surface area contributed by atoms with Crippen molar-refractivity contribution in [3.8, 4) is 11.8 Å². The van der Waals surface area contributed by atoms with Crippen LogP contribution in [-0.2, 0) is 6.61 Å². The number of pyridine rings is 1. The number of hydrogen-bond donors (Lipinski definition) is 0. The van der Waals surface area contributed by atoms with E-state index in [2.05, 4.69) is 11.1 Å². The summed E-state index contributed by atoms with van der Waals surface area (Å²) in [5.74, 6) is 0.481. The largest absolute Gasteiger partial charge is 0.487 e. The molecule has 1 aliphatic heterocycles. The van der Waals surface area contributed by atoms with Gasteiger partial charge in [0.25, 0.3) is 0 Å². The lowest BCUT2D eigenvalue weighted by atomic mass is 9.92. The van der Waals surface area contributed by atoms with Crippen LogP contribution < -0.4 is 4.74 Å². The predicted octanol–water partition coefficient (Wildman–Crippen LogP) is 2.63. The highest BCUT2D eigenvalue weighted by atomic mass is 16.5. The maximum absolute atomic E-state index is 9.38. The minimum Gasteiger partial charge on any atom is -0.487 e. The molecule has 0 bridgehead atoms. The second kappa shape index (κ2) is 3.91. The van der Waals surface area contributed by atoms with Crippen LogP contribution in [0.3, 0.4) is 0 Å². The zero-order valence-electron chi connectivity index (χ0n) is 9.13. The Morgan fingerprint density at radius 2 is 2.00 bits per heavy atom. The van der Waals surface area contributed by atoms with Crippen molar-refractivity contribution in [2.45, 2.75) is 12.5 Å². The van der Waals surface area contributed by atoms with Crippen LogP contribution in [0.15, 0.2) is 42.6 Å². The van der Waals surface area contributed by atoms with Crippen LogP contribution in [0, 0.1) is 11.3 Å². The first-order valence-corrected chi connectivity index (χ1v) is 5.45. The molecule has 1 aromatic heterocycles. The van der Waals surface area contributed by atoms with Gasteiger partial charge in [-0.25, -0.2) is 0 Å². The molecular weight excluding hydrogens is 212 g/mol. The Kier molecular flexibility index (Phi) is 2.27. The van der Waals surface area contributed by atoms with E-state index < -0.39 is 0 Å². The average Bonchev–Trinajstić information content (AvgIpc) is 2.55. The maximum Gasteiger partial charge on any atom is 0.131 e. The molecule has 82 valence electrons. The lowest BCUT2D eigenvalue weighted by Crippen LogP contribution is -2.01. The molecular formula is C14H10N2O. The fourth-order valence-electron chi connectivity index (χ4n) is 2.14. The van der Waals surface area contributed by atoms with Gasteiger partial charge in [0.15, 0.2) is 0 Å². The molecule has 3 rings (SSSR count). The number of hydrogen-bond acceptors (Lipinski definition) is 3. The molecule has 0 amide bonds. The Morgan fingerprint density at radius 1 is 1.18 bits per heavy atom. The zero-order valence-corrected chi connectivity index (χ0v) is 9.13. The van der Waals surface area contributed by atoms with Crippen molar-refractivity contribution in [1.82, 2.24) is 4.98 Å². The molecule has 0 saturated carbocycles. The molecule has 1 aromatic carbocycles. The summed E-state index contributed by atoms with van der Waals surface area (Å²) in [4.78, 5) is 4.28. The van der Waals surface area contributed by atoms with Gasteiger partial charge in [0, 0.05) is 11.8 Å². The second-order valence-corrected chi connectivity index (χ2v) is 3.93. The molecule has 0 N–H and O–H groups in total. The maximum atomic E-state index is 9.38. The highest BCUT2D eigenvalue weighted by Crippen LogP contribution is 2.35. The summed E-state index contributed by atoms with van der Waals surface area (Å²) in [5, 5.41) is 9.38. The lowest BCUT2D eigenvalue weighted by Gasteiger charge is -2.10. The Morgan fingerprint density at radius 3 is 2.88 bits per heavy atom. The van der Waals surface area contributed by atoms with Crippen LogP contribution in [0.1, 0.15) is 22.7 Å². The summed E-state index contributed by atoms with van der Waals surface area (Å²) in [6.07, 6.45) is 1.73. The number of nitriles is 1. The summed E-state index contributed by atoms with van der Waals surface area (Å²) in [7, 11) is 0. The van der Waals surface area contributed by atoms with Gasteiger partial charge in [-0.3, -0.25) is 4.98 Å². The minimum absolute atomic E-state index is 0.294. The van der Waals surface area contributed by atoms with Crippen LogP contribution in [0.4, 0.5) is 0 Å². The first-order valence-electron chi connectivity index (χ1n) is 5.45. The van der Waals surface area contributed by atoms with E-state index in [1.165, 1.54) is 0 Å². The minimum atomic E-state index is -0.294. The molecule has 0 spiro atoms. The number of nitrogens with zero attached hydrogens (tertiary/aromatic N) is 2. The number of aromatic nitrogens is 1. The first kappa shape index (κ1) is 9.86. The van der Waals surface area contributed by atoms with Crippen molar-refractivity contribution in [3.63, 3.8) is 0 Å². The van der Waals surface area contributed by atoms with Crippen molar-refractivity contribution in [3.05, 3.63) is 59.4 Å². The van der Waals surface area contributed by atoms with E-state index in [1.807, 2.05) is 36.4 Å². The number of fused-ring (bicyclic) bond motifs is 2. The van der Waals surface area contributed by atoms with Gasteiger partial charge in [-0.2, -0.15) is 5.26 Å². The number of benzene rings is 1. The van der Waals surface area contributed by atoms with Crippen molar-refractivity contribution in [2.24, 2.45) is 0 Å². The van der Waals surface area contributed by atoms with Crippen LogP contribution in [0.2, 0.25) is 0 Å². The molecule has 1 atom stereocenters. The molecule has 0 unspecified atom stereocenters. The fraction of sp³-hybridized carbons (Fsp3) is 0.143. The molecule has 3 nitrogen and oxygen atoms in total. The molecule has 2 heterocycles. The van der Waals surface area contributed by atoms with Gasteiger partial charge in [-0.1, -0.05) is 24.3 Å². The van der Waals surface area contributed by atoms with Gasteiger partial charge in [0.05, 0.1) is 11.8 Å². The highest BCUT2D eigenvalue weighted by molar-refractivity contribution is 5.48. The van der Waals surface area contributed by atoms with Crippen LogP contribution >= 0.6 is 0 Å². The van der Waals surface area contributed by atoms with Gasteiger partial charge >= 0.3 is 0 Å².